The molecule has 0 aliphatic carbocycles. The van der Waals surface area contributed by atoms with Crippen LogP contribution in [0.1, 0.15) is 24.0 Å². The summed E-state index contributed by atoms with van der Waals surface area (Å²) in [6, 6.07) is 20.9. The van der Waals surface area contributed by atoms with Crippen molar-refractivity contribution in [1.82, 2.24) is 4.90 Å². The smallest absolute Gasteiger partial charge is 0.223 e. The highest BCUT2D eigenvalue weighted by molar-refractivity contribution is 5.78. The molecule has 1 heterocycles. The summed E-state index contributed by atoms with van der Waals surface area (Å²) < 4.78 is 0. The Bertz CT molecular complexity index is 570. The SMILES string of the molecule is NCN1CC(c2ccccc2)(c2ccccc2)CCC1=O. The maximum atomic E-state index is 12.0. The van der Waals surface area contributed by atoms with Crippen LogP contribution in [0.5, 0.6) is 0 Å². The lowest BCUT2D eigenvalue weighted by Gasteiger charge is -2.43. The quantitative estimate of drug-likeness (QED) is 0.939. The van der Waals surface area contributed by atoms with Crippen LogP contribution in [0.4, 0.5) is 0 Å². The monoisotopic (exact) mass is 280 g/mol. The number of carbonyl (C=O) groups excluding carboxylic acids is 1. The van der Waals surface area contributed by atoms with Crippen LogP contribution < -0.4 is 5.73 Å². The molecule has 3 rings (SSSR count). The number of hydrogen-bond donors (Lipinski definition) is 1. The standard InChI is InChI=1S/C18H20N2O/c19-14-20-13-18(12-11-17(20)21,15-7-3-1-4-8-15)16-9-5-2-6-10-16/h1-10H,11-14,19H2. The molecule has 0 saturated carbocycles. The molecule has 1 fully saturated rings. The predicted molar refractivity (Wildman–Crippen MR) is 83.7 cm³/mol. The molecule has 2 N–H and O–H groups in total. The summed E-state index contributed by atoms with van der Waals surface area (Å²) in [6.07, 6.45) is 1.37. The number of carbonyl (C=O) groups is 1. The number of nitrogens with zero attached hydrogens (tertiary/aromatic N) is 1. The van der Waals surface area contributed by atoms with Gasteiger partial charge < -0.3 is 10.6 Å². The average Bonchev–Trinajstić information content (AvgIpc) is 2.57. The third-order valence-electron chi connectivity index (χ3n) is 4.45. The van der Waals surface area contributed by atoms with E-state index in [1.54, 1.807) is 4.90 Å². The number of hydrogen-bond acceptors (Lipinski definition) is 2. The number of amides is 1. The van der Waals surface area contributed by atoms with Gasteiger partial charge >= 0.3 is 0 Å². The maximum Gasteiger partial charge on any atom is 0.223 e. The van der Waals surface area contributed by atoms with E-state index in [4.69, 9.17) is 5.73 Å². The minimum Gasteiger partial charge on any atom is -0.329 e. The summed E-state index contributed by atoms with van der Waals surface area (Å²) in [4.78, 5) is 13.8. The molecule has 3 heteroatoms. The molecule has 1 saturated heterocycles. The van der Waals surface area contributed by atoms with Gasteiger partial charge in [-0.05, 0) is 17.5 Å². The van der Waals surface area contributed by atoms with Crippen LogP contribution in [-0.4, -0.2) is 24.0 Å². The Kier molecular flexibility index (Phi) is 3.76. The van der Waals surface area contributed by atoms with Gasteiger partial charge in [0, 0.05) is 18.4 Å². The predicted octanol–water partition coefficient (Wildman–Crippen LogP) is 2.51. The van der Waals surface area contributed by atoms with E-state index in [1.165, 1.54) is 11.1 Å². The minimum absolute atomic E-state index is 0.153. The van der Waals surface area contributed by atoms with E-state index in [-0.39, 0.29) is 18.0 Å². The largest absolute Gasteiger partial charge is 0.329 e. The van der Waals surface area contributed by atoms with Gasteiger partial charge in [0.2, 0.25) is 5.91 Å². The molecule has 2 aromatic rings. The van der Waals surface area contributed by atoms with Crippen molar-refractivity contribution in [3.63, 3.8) is 0 Å². The van der Waals surface area contributed by atoms with Gasteiger partial charge in [-0.25, -0.2) is 0 Å². The van der Waals surface area contributed by atoms with Crippen molar-refractivity contribution in [3.05, 3.63) is 71.8 Å². The summed E-state index contributed by atoms with van der Waals surface area (Å²) in [5.74, 6) is 0.153. The Labute approximate surface area is 125 Å². The van der Waals surface area contributed by atoms with Gasteiger partial charge in [-0.3, -0.25) is 4.79 Å². The van der Waals surface area contributed by atoms with E-state index in [1.807, 2.05) is 12.1 Å². The molecular formula is C18H20N2O. The normalized spacial score (nSPS) is 17.8. The number of rotatable bonds is 3. The fraction of sp³-hybridized carbons (Fsp3) is 0.278. The Morgan fingerprint density at radius 2 is 1.48 bits per heavy atom. The van der Waals surface area contributed by atoms with Crippen LogP contribution >= 0.6 is 0 Å². The Hall–Kier alpha value is -2.13. The van der Waals surface area contributed by atoms with Crippen molar-refractivity contribution in [2.24, 2.45) is 5.73 Å². The van der Waals surface area contributed by atoms with Crippen molar-refractivity contribution >= 4 is 5.91 Å². The Balaban J connectivity index is 2.10. The first-order chi connectivity index (χ1) is 10.3. The Morgan fingerprint density at radius 3 is 1.95 bits per heavy atom. The lowest BCUT2D eigenvalue weighted by atomic mass is 9.69. The van der Waals surface area contributed by atoms with Gasteiger partial charge in [0.25, 0.3) is 0 Å². The molecular weight excluding hydrogens is 260 g/mol. The van der Waals surface area contributed by atoms with Gasteiger partial charge in [-0.2, -0.15) is 0 Å². The van der Waals surface area contributed by atoms with E-state index in [0.29, 0.717) is 13.0 Å². The molecule has 0 aromatic heterocycles. The van der Waals surface area contributed by atoms with Crippen molar-refractivity contribution < 1.29 is 4.79 Å². The molecule has 0 radical (unpaired) electrons. The first-order valence-corrected chi connectivity index (χ1v) is 7.35. The fourth-order valence-electron chi connectivity index (χ4n) is 3.29. The number of benzene rings is 2. The van der Waals surface area contributed by atoms with Crippen LogP contribution in [0, 0.1) is 0 Å². The number of likely N-dealkylation sites (tertiary alicyclic amines) is 1. The summed E-state index contributed by atoms with van der Waals surface area (Å²) >= 11 is 0. The molecule has 1 aliphatic heterocycles. The van der Waals surface area contributed by atoms with Crippen LogP contribution in [-0.2, 0) is 10.2 Å². The second-order valence-corrected chi connectivity index (χ2v) is 5.59. The van der Waals surface area contributed by atoms with Gasteiger partial charge in [0.05, 0.1) is 6.67 Å². The van der Waals surface area contributed by atoms with Crippen molar-refractivity contribution in [2.45, 2.75) is 18.3 Å². The van der Waals surface area contributed by atoms with E-state index in [2.05, 4.69) is 48.5 Å². The lowest BCUT2D eigenvalue weighted by Crippen LogP contribution is -2.51. The molecule has 1 aliphatic rings. The average molecular weight is 280 g/mol. The second kappa shape index (κ2) is 5.70. The molecule has 21 heavy (non-hydrogen) atoms. The van der Waals surface area contributed by atoms with Crippen LogP contribution in [0.15, 0.2) is 60.7 Å². The summed E-state index contributed by atoms with van der Waals surface area (Å²) in [5.41, 5.74) is 8.12. The highest BCUT2D eigenvalue weighted by Gasteiger charge is 2.40. The molecule has 108 valence electrons. The minimum atomic E-state index is -0.157. The van der Waals surface area contributed by atoms with Gasteiger partial charge in [-0.1, -0.05) is 60.7 Å². The topological polar surface area (TPSA) is 46.3 Å². The third kappa shape index (κ3) is 2.45. The Morgan fingerprint density at radius 1 is 0.952 bits per heavy atom. The van der Waals surface area contributed by atoms with E-state index in [0.717, 1.165) is 6.42 Å². The van der Waals surface area contributed by atoms with Gasteiger partial charge in [-0.15, -0.1) is 0 Å². The summed E-state index contributed by atoms with van der Waals surface area (Å²) in [6.45, 7) is 0.927. The molecule has 0 unspecified atom stereocenters. The van der Waals surface area contributed by atoms with Crippen LogP contribution in [0.3, 0.4) is 0 Å². The zero-order valence-corrected chi connectivity index (χ0v) is 12.0. The van der Waals surface area contributed by atoms with E-state index >= 15 is 0 Å². The van der Waals surface area contributed by atoms with E-state index < -0.39 is 0 Å². The van der Waals surface area contributed by atoms with Gasteiger partial charge in [0.1, 0.15) is 0 Å². The zero-order chi connectivity index (χ0) is 14.7. The summed E-state index contributed by atoms with van der Waals surface area (Å²) in [5, 5.41) is 0. The third-order valence-corrected chi connectivity index (χ3v) is 4.45. The van der Waals surface area contributed by atoms with Gasteiger partial charge in [0.15, 0.2) is 0 Å². The second-order valence-electron chi connectivity index (χ2n) is 5.59. The van der Waals surface area contributed by atoms with E-state index in [9.17, 15) is 4.79 Å². The highest BCUT2D eigenvalue weighted by Crippen LogP contribution is 2.40. The number of piperidine rings is 1. The fourth-order valence-corrected chi connectivity index (χ4v) is 3.29. The number of nitrogens with two attached hydrogens (primary N) is 1. The molecule has 2 aromatic carbocycles. The molecule has 1 amide bonds. The van der Waals surface area contributed by atoms with Crippen LogP contribution in [0.25, 0.3) is 0 Å². The van der Waals surface area contributed by atoms with Crippen molar-refractivity contribution in [3.8, 4) is 0 Å². The lowest BCUT2D eigenvalue weighted by molar-refractivity contribution is -0.134. The molecule has 0 spiro atoms. The van der Waals surface area contributed by atoms with Crippen molar-refractivity contribution in [1.29, 1.82) is 0 Å². The first-order valence-electron chi connectivity index (χ1n) is 7.35. The summed E-state index contributed by atoms with van der Waals surface area (Å²) in [7, 11) is 0. The highest BCUT2D eigenvalue weighted by atomic mass is 16.2. The molecule has 0 bridgehead atoms. The van der Waals surface area contributed by atoms with Crippen LogP contribution in [0.2, 0.25) is 0 Å². The maximum absolute atomic E-state index is 12.0. The molecule has 3 nitrogen and oxygen atoms in total. The zero-order valence-electron chi connectivity index (χ0n) is 12.0. The van der Waals surface area contributed by atoms with Crippen molar-refractivity contribution in [2.75, 3.05) is 13.2 Å². The first kappa shape index (κ1) is 13.8. The molecule has 0 atom stereocenters.